The smallest absolute Gasteiger partial charge is 0.220 e. The predicted molar refractivity (Wildman–Crippen MR) is 81.7 cm³/mol. The first-order valence-electron chi connectivity index (χ1n) is 7.68. The maximum Gasteiger partial charge on any atom is 0.220 e. The summed E-state index contributed by atoms with van der Waals surface area (Å²) in [5.41, 5.74) is 2.08. The molecule has 1 saturated carbocycles. The molecule has 1 heterocycles. The Balaban J connectivity index is 1.75. The molecule has 2 aromatic rings. The number of hydrogen-bond acceptors (Lipinski definition) is 1. The fourth-order valence-corrected chi connectivity index (χ4v) is 2.92. The van der Waals surface area contributed by atoms with Gasteiger partial charge in [-0.2, -0.15) is 0 Å². The van der Waals surface area contributed by atoms with Crippen LogP contribution in [-0.4, -0.2) is 17.4 Å². The molecule has 4 heteroatoms. The summed E-state index contributed by atoms with van der Waals surface area (Å²) in [6, 6.07) is 4.82. The van der Waals surface area contributed by atoms with Gasteiger partial charge in [0, 0.05) is 35.5 Å². The van der Waals surface area contributed by atoms with E-state index in [2.05, 4.69) is 17.2 Å². The second-order valence-electron chi connectivity index (χ2n) is 6.05. The Labute approximate surface area is 123 Å². The SMILES string of the molecule is CCCCC(=O)NCC1(c2c[nH]c3ccc(F)cc23)CC1. The summed E-state index contributed by atoms with van der Waals surface area (Å²) in [6.45, 7) is 2.73. The van der Waals surface area contributed by atoms with Crippen molar-refractivity contribution in [3.63, 3.8) is 0 Å². The van der Waals surface area contributed by atoms with Crippen molar-refractivity contribution in [3.05, 3.63) is 35.8 Å². The van der Waals surface area contributed by atoms with Gasteiger partial charge in [0.25, 0.3) is 0 Å². The van der Waals surface area contributed by atoms with Crippen LogP contribution in [0.1, 0.15) is 44.6 Å². The van der Waals surface area contributed by atoms with Gasteiger partial charge < -0.3 is 10.3 Å². The highest BCUT2D eigenvalue weighted by molar-refractivity contribution is 5.85. The van der Waals surface area contributed by atoms with Crippen LogP contribution in [0.4, 0.5) is 4.39 Å². The summed E-state index contributed by atoms with van der Waals surface area (Å²) in [5.74, 6) is -0.0970. The fourth-order valence-electron chi connectivity index (χ4n) is 2.92. The van der Waals surface area contributed by atoms with Crippen molar-refractivity contribution in [3.8, 4) is 0 Å². The molecule has 0 spiro atoms. The monoisotopic (exact) mass is 288 g/mol. The first-order valence-corrected chi connectivity index (χ1v) is 7.68. The number of benzene rings is 1. The van der Waals surface area contributed by atoms with E-state index in [0.29, 0.717) is 13.0 Å². The summed E-state index contributed by atoms with van der Waals surface area (Å²) in [5, 5.41) is 3.98. The third kappa shape index (κ3) is 2.80. The van der Waals surface area contributed by atoms with Crippen LogP contribution in [0.2, 0.25) is 0 Å². The van der Waals surface area contributed by atoms with Crippen LogP contribution in [0.5, 0.6) is 0 Å². The van der Waals surface area contributed by atoms with Gasteiger partial charge in [-0.3, -0.25) is 4.79 Å². The molecule has 3 rings (SSSR count). The molecule has 1 aromatic carbocycles. The van der Waals surface area contributed by atoms with Gasteiger partial charge in [-0.25, -0.2) is 4.39 Å². The molecule has 112 valence electrons. The molecule has 0 saturated heterocycles. The van der Waals surface area contributed by atoms with Gasteiger partial charge in [-0.15, -0.1) is 0 Å². The molecule has 0 atom stereocenters. The van der Waals surface area contributed by atoms with E-state index in [9.17, 15) is 9.18 Å². The average molecular weight is 288 g/mol. The zero-order chi connectivity index (χ0) is 14.9. The minimum absolute atomic E-state index is 0.00603. The zero-order valence-electron chi connectivity index (χ0n) is 12.3. The van der Waals surface area contributed by atoms with Crippen molar-refractivity contribution in [2.75, 3.05) is 6.54 Å². The summed E-state index contributed by atoms with van der Waals surface area (Å²) >= 11 is 0. The number of hydrogen-bond donors (Lipinski definition) is 2. The van der Waals surface area contributed by atoms with E-state index in [1.165, 1.54) is 6.07 Å². The Bertz CT molecular complexity index is 658. The Hall–Kier alpha value is -1.84. The average Bonchev–Trinajstić information content (AvgIpc) is 3.15. The first kappa shape index (κ1) is 14.1. The number of rotatable bonds is 6. The van der Waals surface area contributed by atoms with Gasteiger partial charge in [0.05, 0.1) is 0 Å². The normalized spacial score (nSPS) is 16.1. The number of unbranched alkanes of at least 4 members (excludes halogenated alkanes) is 1. The van der Waals surface area contributed by atoms with Crippen LogP contribution < -0.4 is 5.32 Å². The van der Waals surface area contributed by atoms with Gasteiger partial charge in [0.1, 0.15) is 5.82 Å². The third-order valence-electron chi connectivity index (χ3n) is 4.45. The molecule has 0 radical (unpaired) electrons. The number of nitrogens with one attached hydrogen (secondary N) is 2. The lowest BCUT2D eigenvalue weighted by molar-refractivity contribution is -0.121. The van der Waals surface area contributed by atoms with E-state index in [-0.39, 0.29) is 17.1 Å². The molecule has 1 aliphatic carbocycles. The highest BCUT2D eigenvalue weighted by Crippen LogP contribution is 2.50. The standard InChI is InChI=1S/C17H21FN2O/c1-2-3-4-16(21)20-11-17(7-8-17)14-10-19-15-6-5-12(18)9-13(14)15/h5-6,9-10,19H,2-4,7-8,11H2,1H3,(H,20,21). The molecular weight excluding hydrogens is 267 g/mol. The molecule has 0 aliphatic heterocycles. The Morgan fingerprint density at radius 3 is 2.95 bits per heavy atom. The van der Waals surface area contributed by atoms with E-state index in [4.69, 9.17) is 0 Å². The third-order valence-corrected chi connectivity index (χ3v) is 4.45. The lowest BCUT2D eigenvalue weighted by atomic mass is 9.95. The number of halogens is 1. The van der Waals surface area contributed by atoms with Crippen molar-refractivity contribution in [2.24, 2.45) is 0 Å². The molecule has 2 N–H and O–H groups in total. The number of H-pyrrole nitrogens is 1. The molecule has 0 bridgehead atoms. The van der Waals surface area contributed by atoms with E-state index in [1.807, 2.05) is 6.20 Å². The van der Waals surface area contributed by atoms with Gasteiger partial charge in [-0.05, 0) is 43.0 Å². The van der Waals surface area contributed by atoms with Gasteiger partial charge >= 0.3 is 0 Å². The quantitative estimate of drug-likeness (QED) is 0.837. The minimum Gasteiger partial charge on any atom is -0.361 e. The van der Waals surface area contributed by atoms with Gasteiger partial charge in [0.2, 0.25) is 5.91 Å². The Kier molecular flexibility index (Phi) is 3.70. The van der Waals surface area contributed by atoms with Crippen LogP contribution in [0.3, 0.4) is 0 Å². The fraction of sp³-hybridized carbons (Fsp3) is 0.471. The summed E-state index contributed by atoms with van der Waals surface area (Å²) < 4.78 is 13.5. The molecule has 3 nitrogen and oxygen atoms in total. The second-order valence-corrected chi connectivity index (χ2v) is 6.05. The van der Waals surface area contributed by atoms with Crippen LogP contribution in [0.25, 0.3) is 10.9 Å². The van der Waals surface area contributed by atoms with E-state index in [1.54, 1.807) is 12.1 Å². The molecule has 21 heavy (non-hydrogen) atoms. The highest BCUT2D eigenvalue weighted by atomic mass is 19.1. The maximum absolute atomic E-state index is 13.5. The van der Waals surface area contributed by atoms with Crippen LogP contribution in [0.15, 0.2) is 24.4 Å². The minimum atomic E-state index is -0.217. The second kappa shape index (κ2) is 5.51. The highest BCUT2D eigenvalue weighted by Gasteiger charge is 2.45. The van der Waals surface area contributed by atoms with Crippen molar-refractivity contribution in [1.29, 1.82) is 0 Å². The van der Waals surface area contributed by atoms with Crippen molar-refractivity contribution >= 4 is 16.8 Å². The topological polar surface area (TPSA) is 44.9 Å². The van der Waals surface area contributed by atoms with Crippen molar-refractivity contribution in [1.82, 2.24) is 10.3 Å². The number of carbonyl (C=O) groups excluding carboxylic acids is 1. The number of aromatic amines is 1. The maximum atomic E-state index is 13.5. The van der Waals surface area contributed by atoms with Crippen molar-refractivity contribution < 1.29 is 9.18 Å². The number of amides is 1. The molecule has 1 amide bonds. The van der Waals surface area contributed by atoms with Crippen LogP contribution in [-0.2, 0) is 10.2 Å². The lowest BCUT2D eigenvalue weighted by Gasteiger charge is -2.15. The summed E-state index contributed by atoms with van der Waals surface area (Å²) in [4.78, 5) is 15.0. The lowest BCUT2D eigenvalue weighted by Crippen LogP contribution is -2.31. The summed E-state index contributed by atoms with van der Waals surface area (Å²) in [7, 11) is 0. The van der Waals surface area contributed by atoms with E-state index >= 15 is 0 Å². The van der Waals surface area contributed by atoms with Gasteiger partial charge in [-0.1, -0.05) is 13.3 Å². The molecule has 1 aromatic heterocycles. The molecule has 1 fully saturated rings. The zero-order valence-corrected chi connectivity index (χ0v) is 12.3. The van der Waals surface area contributed by atoms with E-state index < -0.39 is 0 Å². The first-order chi connectivity index (χ1) is 10.1. The van der Waals surface area contributed by atoms with Crippen LogP contribution in [0, 0.1) is 5.82 Å². The number of fused-ring (bicyclic) bond motifs is 1. The number of aromatic nitrogens is 1. The summed E-state index contributed by atoms with van der Waals surface area (Å²) in [6.07, 6.45) is 6.61. The number of carbonyl (C=O) groups is 1. The molecule has 1 aliphatic rings. The van der Waals surface area contributed by atoms with E-state index in [0.717, 1.165) is 42.1 Å². The van der Waals surface area contributed by atoms with Gasteiger partial charge in [0.15, 0.2) is 0 Å². The molecule has 0 unspecified atom stereocenters. The predicted octanol–water partition coefficient (Wildman–Crippen LogP) is 3.65. The Morgan fingerprint density at radius 1 is 1.43 bits per heavy atom. The largest absolute Gasteiger partial charge is 0.361 e. The molecular formula is C17H21FN2O. The Morgan fingerprint density at radius 2 is 2.24 bits per heavy atom. The van der Waals surface area contributed by atoms with Crippen LogP contribution >= 0.6 is 0 Å². The van der Waals surface area contributed by atoms with Crippen molar-refractivity contribution in [2.45, 2.75) is 44.4 Å².